The third-order valence-electron chi connectivity index (χ3n) is 2.73. The minimum atomic E-state index is -0.257. The monoisotopic (exact) mass is 231 g/mol. The highest BCUT2D eigenvalue weighted by molar-refractivity contribution is 5.53. The lowest BCUT2D eigenvalue weighted by Crippen LogP contribution is -2.02. The molecule has 2 aromatic rings. The van der Waals surface area contributed by atoms with E-state index < -0.39 is 0 Å². The van der Waals surface area contributed by atoms with Crippen molar-refractivity contribution >= 4 is 11.6 Å². The average molecular weight is 231 g/mol. The van der Waals surface area contributed by atoms with Gasteiger partial charge < -0.3 is 5.32 Å². The first kappa shape index (κ1) is 11.5. The molecule has 0 amide bonds. The third-order valence-corrected chi connectivity index (χ3v) is 2.73. The van der Waals surface area contributed by atoms with Gasteiger partial charge in [0.05, 0.1) is 0 Å². The molecule has 0 unspecified atom stereocenters. The highest BCUT2D eigenvalue weighted by Gasteiger charge is 2.04. The molecule has 0 saturated heterocycles. The van der Waals surface area contributed by atoms with Crippen LogP contribution in [-0.4, -0.2) is 9.97 Å². The molecule has 3 nitrogen and oxygen atoms in total. The molecule has 0 fully saturated rings. The first-order chi connectivity index (χ1) is 8.06. The molecule has 0 aliphatic heterocycles. The first-order valence-corrected chi connectivity index (χ1v) is 5.40. The Balaban J connectivity index is 2.27. The number of hydrogen-bond acceptors (Lipinski definition) is 3. The fraction of sp³-hybridized carbons (Fsp3) is 0.231. The minimum Gasteiger partial charge on any atom is -0.324 e. The van der Waals surface area contributed by atoms with Gasteiger partial charge in [-0.05, 0) is 50.6 Å². The van der Waals surface area contributed by atoms with E-state index in [1.165, 1.54) is 12.1 Å². The number of benzene rings is 1. The largest absolute Gasteiger partial charge is 0.324 e. The van der Waals surface area contributed by atoms with Gasteiger partial charge in [0, 0.05) is 17.1 Å². The van der Waals surface area contributed by atoms with Crippen molar-refractivity contribution in [1.82, 2.24) is 9.97 Å². The summed E-state index contributed by atoms with van der Waals surface area (Å²) in [6, 6.07) is 6.11. The van der Waals surface area contributed by atoms with Crippen molar-refractivity contribution < 1.29 is 4.39 Å². The van der Waals surface area contributed by atoms with E-state index in [-0.39, 0.29) is 5.82 Å². The SMILES string of the molecule is Cc1nc(Nc2ccc(F)cc2)nc(C)c1C. The lowest BCUT2D eigenvalue weighted by atomic mass is 10.2. The number of anilines is 2. The van der Waals surface area contributed by atoms with Gasteiger partial charge in [0.15, 0.2) is 0 Å². The van der Waals surface area contributed by atoms with Gasteiger partial charge in [-0.2, -0.15) is 0 Å². The van der Waals surface area contributed by atoms with E-state index in [1.807, 2.05) is 20.8 Å². The Hall–Kier alpha value is -1.97. The molecule has 0 saturated carbocycles. The summed E-state index contributed by atoms with van der Waals surface area (Å²) >= 11 is 0. The van der Waals surface area contributed by atoms with E-state index in [0.29, 0.717) is 5.95 Å². The van der Waals surface area contributed by atoms with E-state index in [1.54, 1.807) is 12.1 Å². The Kier molecular flexibility index (Phi) is 3.04. The summed E-state index contributed by atoms with van der Waals surface area (Å²) in [5.41, 5.74) is 3.76. The van der Waals surface area contributed by atoms with Gasteiger partial charge in [-0.3, -0.25) is 0 Å². The van der Waals surface area contributed by atoms with Crippen LogP contribution in [0, 0.1) is 26.6 Å². The Morgan fingerprint density at radius 1 is 0.941 bits per heavy atom. The van der Waals surface area contributed by atoms with E-state index in [9.17, 15) is 4.39 Å². The molecule has 0 spiro atoms. The van der Waals surface area contributed by atoms with E-state index >= 15 is 0 Å². The Labute approximate surface area is 99.7 Å². The molecule has 1 heterocycles. The quantitative estimate of drug-likeness (QED) is 0.861. The molecule has 1 aromatic heterocycles. The third kappa shape index (κ3) is 2.58. The smallest absolute Gasteiger partial charge is 0.227 e. The highest BCUT2D eigenvalue weighted by atomic mass is 19.1. The molecular weight excluding hydrogens is 217 g/mol. The standard InChI is InChI=1S/C13H14FN3/c1-8-9(2)15-13(16-10(8)3)17-12-6-4-11(14)5-7-12/h4-7H,1-3H3,(H,15,16,17). The predicted octanol–water partition coefficient (Wildman–Crippen LogP) is 3.28. The van der Waals surface area contributed by atoms with Crippen molar-refractivity contribution in [2.45, 2.75) is 20.8 Å². The van der Waals surface area contributed by atoms with Crippen LogP contribution in [0.15, 0.2) is 24.3 Å². The lowest BCUT2D eigenvalue weighted by Gasteiger charge is -2.08. The zero-order valence-electron chi connectivity index (χ0n) is 10.1. The van der Waals surface area contributed by atoms with Crippen LogP contribution in [0.3, 0.4) is 0 Å². The second-order valence-electron chi connectivity index (χ2n) is 3.97. The molecule has 2 rings (SSSR count). The Morgan fingerprint density at radius 3 is 2.00 bits per heavy atom. The molecule has 1 aromatic carbocycles. The Morgan fingerprint density at radius 2 is 1.47 bits per heavy atom. The van der Waals surface area contributed by atoms with Crippen molar-refractivity contribution in [3.05, 3.63) is 47.0 Å². The van der Waals surface area contributed by atoms with Gasteiger partial charge in [0.25, 0.3) is 0 Å². The van der Waals surface area contributed by atoms with Crippen molar-refractivity contribution in [3.8, 4) is 0 Å². The van der Waals surface area contributed by atoms with Crippen molar-refractivity contribution in [2.75, 3.05) is 5.32 Å². The number of hydrogen-bond donors (Lipinski definition) is 1. The fourth-order valence-corrected chi connectivity index (χ4v) is 1.49. The number of nitrogens with one attached hydrogen (secondary N) is 1. The maximum absolute atomic E-state index is 12.7. The number of aryl methyl sites for hydroxylation is 2. The lowest BCUT2D eigenvalue weighted by molar-refractivity contribution is 0.628. The van der Waals surface area contributed by atoms with Gasteiger partial charge in [-0.25, -0.2) is 14.4 Å². The van der Waals surface area contributed by atoms with Gasteiger partial charge in [0.2, 0.25) is 5.95 Å². The van der Waals surface area contributed by atoms with Gasteiger partial charge >= 0.3 is 0 Å². The number of halogens is 1. The fourth-order valence-electron chi connectivity index (χ4n) is 1.49. The molecular formula is C13H14FN3. The summed E-state index contributed by atoms with van der Waals surface area (Å²) < 4.78 is 12.7. The van der Waals surface area contributed by atoms with Crippen LogP contribution in [0.4, 0.5) is 16.0 Å². The summed E-state index contributed by atoms with van der Waals surface area (Å²) in [5.74, 6) is 0.282. The van der Waals surface area contributed by atoms with E-state index in [2.05, 4.69) is 15.3 Å². The van der Waals surface area contributed by atoms with Gasteiger partial charge in [-0.1, -0.05) is 0 Å². The number of aromatic nitrogens is 2. The normalized spacial score (nSPS) is 10.4. The van der Waals surface area contributed by atoms with Crippen LogP contribution in [0.1, 0.15) is 17.0 Å². The van der Waals surface area contributed by atoms with Crippen LogP contribution in [0.25, 0.3) is 0 Å². The molecule has 0 aliphatic carbocycles. The maximum Gasteiger partial charge on any atom is 0.227 e. The summed E-state index contributed by atoms with van der Waals surface area (Å²) in [6.07, 6.45) is 0. The molecule has 0 bridgehead atoms. The Bertz CT molecular complexity index is 512. The summed E-state index contributed by atoms with van der Waals surface area (Å²) in [5, 5.41) is 3.05. The van der Waals surface area contributed by atoms with Crippen LogP contribution in [-0.2, 0) is 0 Å². The second kappa shape index (κ2) is 4.49. The summed E-state index contributed by atoms with van der Waals surface area (Å²) in [4.78, 5) is 8.67. The van der Waals surface area contributed by atoms with Gasteiger partial charge in [-0.15, -0.1) is 0 Å². The van der Waals surface area contributed by atoms with Crippen LogP contribution >= 0.6 is 0 Å². The van der Waals surface area contributed by atoms with Crippen LogP contribution < -0.4 is 5.32 Å². The van der Waals surface area contributed by atoms with Gasteiger partial charge in [0.1, 0.15) is 5.82 Å². The van der Waals surface area contributed by atoms with Crippen molar-refractivity contribution in [1.29, 1.82) is 0 Å². The maximum atomic E-state index is 12.7. The molecule has 0 atom stereocenters. The molecule has 17 heavy (non-hydrogen) atoms. The minimum absolute atomic E-state index is 0.257. The summed E-state index contributed by atoms with van der Waals surface area (Å²) in [7, 11) is 0. The molecule has 1 N–H and O–H groups in total. The number of nitrogens with zero attached hydrogens (tertiary/aromatic N) is 2. The second-order valence-corrected chi connectivity index (χ2v) is 3.97. The molecule has 0 aliphatic rings. The zero-order valence-corrected chi connectivity index (χ0v) is 10.1. The molecule has 4 heteroatoms. The molecule has 0 radical (unpaired) electrons. The summed E-state index contributed by atoms with van der Waals surface area (Å²) in [6.45, 7) is 5.88. The van der Waals surface area contributed by atoms with Crippen molar-refractivity contribution in [3.63, 3.8) is 0 Å². The highest BCUT2D eigenvalue weighted by Crippen LogP contribution is 2.16. The number of rotatable bonds is 2. The van der Waals surface area contributed by atoms with Crippen molar-refractivity contribution in [2.24, 2.45) is 0 Å². The molecule has 88 valence electrons. The average Bonchev–Trinajstić information content (AvgIpc) is 2.29. The topological polar surface area (TPSA) is 37.8 Å². The predicted molar refractivity (Wildman–Crippen MR) is 65.9 cm³/mol. The van der Waals surface area contributed by atoms with Crippen LogP contribution in [0.2, 0.25) is 0 Å². The van der Waals surface area contributed by atoms with E-state index in [4.69, 9.17) is 0 Å². The first-order valence-electron chi connectivity index (χ1n) is 5.40. The van der Waals surface area contributed by atoms with E-state index in [0.717, 1.165) is 22.6 Å². The zero-order chi connectivity index (χ0) is 12.4. The van der Waals surface area contributed by atoms with Crippen LogP contribution in [0.5, 0.6) is 0 Å².